The van der Waals surface area contributed by atoms with E-state index >= 15 is 0 Å². The van der Waals surface area contributed by atoms with Gasteiger partial charge in [-0.3, -0.25) is 5.14 Å². The second-order valence-electron chi connectivity index (χ2n) is 2.94. The molecule has 0 saturated carbocycles. The highest BCUT2D eigenvalue weighted by Crippen LogP contribution is 2.13. The van der Waals surface area contributed by atoms with Crippen molar-refractivity contribution in [1.82, 2.24) is 0 Å². The molecule has 1 atom stereocenters. The summed E-state index contributed by atoms with van der Waals surface area (Å²) in [6.07, 6.45) is 1.86. The van der Waals surface area contributed by atoms with Crippen LogP contribution in [0, 0.1) is 0 Å². The van der Waals surface area contributed by atoms with Crippen molar-refractivity contribution in [2.75, 3.05) is 0 Å². The molecule has 0 amide bonds. The summed E-state index contributed by atoms with van der Waals surface area (Å²) in [6.45, 7) is 0.560. The highest BCUT2D eigenvalue weighted by molar-refractivity contribution is 7.99. The lowest BCUT2D eigenvalue weighted by Gasteiger charge is -2.07. The SMILES string of the molecule is NCc1ccc(C(N)C=CSN)cc1. The molecular weight excluding hydrogens is 194 g/mol. The molecule has 1 aromatic rings. The minimum Gasteiger partial charge on any atom is -0.326 e. The second-order valence-corrected chi connectivity index (χ2v) is 3.48. The molecule has 0 bridgehead atoms. The van der Waals surface area contributed by atoms with E-state index in [1.54, 1.807) is 5.41 Å². The summed E-state index contributed by atoms with van der Waals surface area (Å²) >= 11 is 1.15. The van der Waals surface area contributed by atoms with Crippen molar-refractivity contribution >= 4 is 11.9 Å². The predicted octanol–water partition coefficient (Wildman–Crippen LogP) is 1.27. The number of benzene rings is 1. The molecule has 4 heteroatoms. The molecule has 0 aliphatic heterocycles. The Morgan fingerprint density at radius 2 is 1.93 bits per heavy atom. The molecule has 1 aromatic carbocycles. The van der Waals surface area contributed by atoms with Crippen LogP contribution in [0.1, 0.15) is 17.2 Å². The minimum absolute atomic E-state index is 0.0992. The minimum atomic E-state index is -0.0992. The van der Waals surface area contributed by atoms with Crippen molar-refractivity contribution in [2.45, 2.75) is 12.6 Å². The van der Waals surface area contributed by atoms with Gasteiger partial charge in [0.05, 0.1) is 0 Å². The first kappa shape index (κ1) is 11.3. The molecule has 6 N–H and O–H groups in total. The maximum absolute atomic E-state index is 5.89. The quantitative estimate of drug-likeness (QED) is 0.652. The Labute approximate surface area is 88.5 Å². The molecule has 1 unspecified atom stereocenters. The fourth-order valence-corrected chi connectivity index (χ4v) is 1.38. The summed E-state index contributed by atoms with van der Waals surface area (Å²) < 4.78 is 0. The summed E-state index contributed by atoms with van der Waals surface area (Å²) in [7, 11) is 0. The third-order valence-electron chi connectivity index (χ3n) is 1.96. The van der Waals surface area contributed by atoms with E-state index in [9.17, 15) is 0 Å². The zero-order valence-corrected chi connectivity index (χ0v) is 8.71. The molecule has 0 saturated heterocycles. The van der Waals surface area contributed by atoms with Crippen molar-refractivity contribution in [3.8, 4) is 0 Å². The summed E-state index contributed by atoms with van der Waals surface area (Å²) in [5.41, 5.74) is 13.5. The Bertz CT molecular complexity index is 295. The molecular formula is C10H15N3S. The van der Waals surface area contributed by atoms with E-state index in [0.29, 0.717) is 6.54 Å². The molecule has 0 aromatic heterocycles. The van der Waals surface area contributed by atoms with Gasteiger partial charge in [0, 0.05) is 12.6 Å². The van der Waals surface area contributed by atoms with E-state index < -0.39 is 0 Å². The fourth-order valence-electron chi connectivity index (χ4n) is 1.12. The summed E-state index contributed by atoms with van der Waals surface area (Å²) in [4.78, 5) is 0. The Hall–Kier alpha value is -0.810. The Kier molecular flexibility index (Phi) is 4.69. The topological polar surface area (TPSA) is 78.1 Å². The van der Waals surface area contributed by atoms with E-state index in [2.05, 4.69) is 0 Å². The van der Waals surface area contributed by atoms with Crippen molar-refractivity contribution in [2.24, 2.45) is 16.6 Å². The Morgan fingerprint density at radius 3 is 2.43 bits per heavy atom. The van der Waals surface area contributed by atoms with Gasteiger partial charge in [-0.15, -0.1) is 0 Å². The smallest absolute Gasteiger partial charge is 0.0489 e. The predicted molar refractivity (Wildman–Crippen MR) is 62.2 cm³/mol. The van der Waals surface area contributed by atoms with Crippen LogP contribution in [0.2, 0.25) is 0 Å². The monoisotopic (exact) mass is 209 g/mol. The van der Waals surface area contributed by atoms with Crippen LogP contribution < -0.4 is 16.6 Å². The van der Waals surface area contributed by atoms with E-state index in [1.165, 1.54) is 0 Å². The molecule has 0 aliphatic carbocycles. The van der Waals surface area contributed by atoms with E-state index in [4.69, 9.17) is 16.6 Å². The van der Waals surface area contributed by atoms with E-state index in [-0.39, 0.29) is 6.04 Å². The third kappa shape index (κ3) is 3.16. The molecule has 1 rings (SSSR count). The number of hydrogen-bond donors (Lipinski definition) is 3. The molecule has 0 heterocycles. The summed E-state index contributed by atoms with van der Waals surface area (Å²) in [6, 6.07) is 7.84. The normalized spacial score (nSPS) is 13.4. The average Bonchev–Trinajstić information content (AvgIpc) is 2.26. The molecule has 0 spiro atoms. The van der Waals surface area contributed by atoms with Gasteiger partial charge < -0.3 is 11.5 Å². The van der Waals surface area contributed by atoms with Gasteiger partial charge in [0.2, 0.25) is 0 Å². The van der Waals surface area contributed by atoms with Gasteiger partial charge in [-0.05, 0) is 16.5 Å². The van der Waals surface area contributed by atoms with Crippen molar-refractivity contribution in [3.05, 3.63) is 46.9 Å². The lowest BCUT2D eigenvalue weighted by molar-refractivity contribution is 0.910. The van der Waals surface area contributed by atoms with Gasteiger partial charge in [0.25, 0.3) is 0 Å². The van der Waals surface area contributed by atoms with Gasteiger partial charge in [-0.1, -0.05) is 42.3 Å². The Morgan fingerprint density at radius 1 is 1.29 bits per heavy atom. The van der Waals surface area contributed by atoms with Crippen molar-refractivity contribution in [3.63, 3.8) is 0 Å². The lowest BCUT2D eigenvalue weighted by Crippen LogP contribution is -2.07. The number of rotatable bonds is 4. The summed E-state index contributed by atoms with van der Waals surface area (Å²) in [5.74, 6) is 0. The molecule has 76 valence electrons. The van der Waals surface area contributed by atoms with Crippen LogP contribution in [-0.2, 0) is 6.54 Å². The molecule has 0 aliphatic rings. The first-order valence-corrected chi connectivity index (χ1v) is 5.29. The van der Waals surface area contributed by atoms with Crippen LogP contribution in [0.25, 0.3) is 0 Å². The van der Waals surface area contributed by atoms with Crippen LogP contribution in [0.4, 0.5) is 0 Å². The summed E-state index contributed by atoms with van der Waals surface area (Å²) in [5, 5.41) is 7.04. The number of hydrogen-bond acceptors (Lipinski definition) is 4. The lowest BCUT2D eigenvalue weighted by atomic mass is 10.1. The van der Waals surface area contributed by atoms with Gasteiger partial charge >= 0.3 is 0 Å². The molecule has 0 fully saturated rings. The highest BCUT2D eigenvalue weighted by atomic mass is 32.2. The standard InChI is InChI=1S/C10H15N3S/c11-7-8-1-3-9(4-2-8)10(12)5-6-14-13/h1-6,10H,7,11-13H2. The van der Waals surface area contributed by atoms with Crippen LogP contribution >= 0.6 is 11.9 Å². The fraction of sp³-hybridized carbons (Fsp3) is 0.200. The number of nitrogens with two attached hydrogens (primary N) is 3. The zero-order valence-electron chi connectivity index (χ0n) is 7.89. The van der Waals surface area contributed by atoms with E-state index in [0.717, 1.165) is 23.1 Å². The van der Waals surface area contributed by atoms with Crippen LogP contribution in [0.3, 0.4) is 0 Å². The Balaban J connectivity index is 2.71. The first-order valence-electron chi connectivity index (χ1n) is 4.34. The van der Waals surface area contributed by atoms with Crippen molar-refractivity contribution in [1.29, 1.82) is 0 Å². The average molecular weight is 209 g/mol. The molecule has 14 heavy (non-hydrogen) atoms. The van der Waals surface area contributed by atoms with Crippen LogP contribution in [0.5, 0.6) is 0 Å². The second kappa shape index (κ2) is 5.82. The third-order valence-corrected chi connectivity index (χ3v) is 2.28. The van der Waals surface area contributed by atoms with Gasteiger partial charge in [0.1, 0.15) is 0 Å². The van der Waals surface area contributed by atoms with Crippen molar-refractivity contribution < 1.29 is 0 Å². The molecule has 3 nitrogen and oxygen atoms in total. The van der Waals surface area contributed by atoms with E-state index in [1.807, 2.05) is 30.3 Å². The van der Waals surface area contributed by atoms with Crippen LogP contribution in [0.15, 0.2) is 35.7 Å². The maximum Gasteiger partial charge on any atom is 0.0489 e. The maximum atomic E-state index is 5.89. The zero-order chi connectivity index (χ0) is 10.4. The largest absolute Gasteiger partial charge is 0.326 e. The molecule has 0 radical (unpaired) electrons. The highest BCUT2D eigenvalue weighted by Gasteiger charge is 2.00. The van der Waals surface area contributed by atoms with Gasteiger partial charge in [-0.2, -0.15) is 0 Å². The van der Waals surface area contributed by atoms with Crippen LogP contribution in [-0.4, -0.2) is 0 Å². The first-order chi connectivity index (χ1) is 6.77. The van der Waals surface area contributed by atoms with Gasteiger partial charge in [-0.25, -0.2) is 0 Å². The van der Waals surface area contributed by atoms with Gasteiger partial charge in [0.15, 0.2) is 0 Å².